The molecule has 0 amide bonds. The summed E-state index contributed by atoms with van der Waals surface area (Å²) in [5.41, 5.74) is 3.91. The topological polar surface area (TPSA) is 29.9 Å². The number of likely N-dealkylation sites (N-methyl/N-ethyl adjacent to an activating group) is 1. The van der Waals surface area contributed by atoms with Crippen LogP contribution in [0.2, 0.25) is 0 Å². The molecule has 2 rings (SSSR count). The maximum atomic E-state index is 4.34. The number of hydrogen-bond acceptors (Lipinski definition) is 2. The Bertz CT molecular complexity index is 548. The quantitative estimate of drug-likeness (QED) is 0.913. The number of rotatable bonds is 5. The summed E-state index contributed by atoms with van der Waals surface area (Å²) in [7, 11) is 2.01. The zero-order valence-corrected chi connectivity index (χ0v) is 13.2. The SMILES string of the molecule is CCn1cc(CC(NC)c2cc(Br)ccc2C)cn1. The van der Waals surface area contributed by atoms with Crippen molar-refractivity contribution in [2.75, 3.05) is 7.05 Å². The third-order valence-corrected chi connectivity index (χ3v) is 3.91. The molecule has 1 heterocycles. The van der Waals surface area contributed by atoms with Gasteiger partial charge in [-0.25, -0.2) is 0 Å². The average molecular weight is 322 g/mol. The maximum Gasteiger partial charge on any atom is 0.0522 e. The van der Waals surface area contributed by atoms with Gasteiger partial charge in [-0.05, 0) is 56.1 Å². The minimum absolute atomic E-state index is 0.312. The minimum atomic E-state index is 0.312. The van der Waals surface area contributed by atoms with Gasteiger partial charge < -0.3 is 5.32 Å². The van der Waals surface area contributed by atoms with Crippen molar-refractivity contribution in [3.05, 3.63) is 51.8 Å². The molecule has 0 fully saturated rings. The molecule has 1 unspecified atom stereocenters. The molecule has 1 atom stereocenters. The first-order chi connectivity index (χ1) is 9.13. The van der Waals surface area contributed by atoms with Crippen LogP contribution >= 0.6 is 15.9 Å². The molecule has 102 valence electrons. The van der Waals surface area contributed by atoms with E-state index in [4.69, 9.17) is 0 Å². The van der Waals surface area contributed by atoms with Crippen molar-refractivity contribution < 1.29 is 0 Å². The smallest absolute Gasteiger partial charge is 0.0522 e. The summed E-state index contributed by atoms with van der Waals surface area (Å²) in [6.45, 7) is 5.17. The second-order valence-electron chi connectivity index (χ2n) is 4.75. The van der Waals surface area contributed by atoms with Gasteiger partial charge in [-0.3, -0.25) is 4.68 Å². The zero-order valence-electron chi connectivity index (χ0n) is 11.7. The van der Waals surface area contributed by atoms with Gasteiger partial charge in [0.05, 0.1) is 6.20 Å². The molecule has 0 saturated heterocycles. The molecule has 2 aromatic rings. The predicted octanol–water partition coefficient (Wildman–Crippen LogP) is 3.48. The van der Waals surface area contributed by atoms with E-state index < -0.39 is 0 Å². The number of halogens is 1. The summed E-state index contributed by atoms with van der Waals surface area (Å²) in [6.07, 6.45) is 5.03. The second-order valence-corrected chi connectivity index (χ2v) is 5.67. The van der Waals surface area contributed by atoms with Crippen LogP contribution in [-0.4, -0.2) is 16.8 Å². The van der Waals surface area contributed by atoms with Crippen LogP contribution in [0.4, 0.5) is 0 Å². The average Bonchev–Trinajstić information content (AvgIpc) is 2.87. The van der Waals surface area contributed by atoms with E-state index in [2.05, 4.69) is 64.6 Å². The van der Waals surface area contributed by atoms with E-state index in [-0.39, 0.29) is 0 Å². The Morgan fingerprint density at radius 2 is 2.21 bits per heavy atom. The number of hydrogen-bond donors (Lipinski definition) is 1. The predicted molar refractivity (Wildman–Crippen MR) is 82.3 cm³/mol. The number of benzene rings is 1. The largest absolute Gasteiger partial charge is 0.313 e. The van der Waals surface area contributed by atoms with Crippen LogP contribution in [0.15, 0.2) is 35.1 Å². The van der Waals surface area contributed by atoms with E-state index in [1.807, 2.05) is 17.9 Å². The van der Waals surface area contributed by atoms with Gasteiger partial charge in [-0.2, -0.15) is 5.10 Å². The third-order valence-electron chi connectivity index (χ3n) is 3.42. The molecule has 0 aliphatic rings. The molecule has 19 heavy (non-hydrogen) atoms. The highest BCUT2D eigenvalue weighted by Gasteiger charge is 2.14. The molecule has 0 radical (unpaired) electrons. The Labute approximate surface area is 123 Å². The summed E-state index contributed by atoms with van der Waals surface area (Å²) < 4.78 is 3.09. The van der Waals surface area contributed by atoms with E-state index in [0.717, 1.165) is 17.4 Å². The Hall–Kier alpha value is -1.13. The molecular formula is C15H20BrN3. The first kappa shape index (κ1) is 14.3. The lowest BCUT2D eigenvalue weighted by atomic mass is 9.97. The summed E-state index contributed by atoms with van der Waals surface area (Å²) in [5, 5.41) is 7.74. The van der Waals surface area contributed by atoms with Gasteiger partial charge in [-0.1, -0.05) is 22.0 Å². The fourth-order valence-corrected chi connectivity index (χ4v) is 2.65. The molecule has 0 bridgehead atoms. The third kappa shape index (κ3) is 3.45. The molecule has 0 aliphatic heterocycles. The Morgan fingerprint density at radius 1 is 1.42 bits per heavy atom. The fourth-order valence-electron chi connectivity index (χ4n) is 2.27. The van der Waals surface area contributed by atoms with E-state index in [1.54, 1.807) is 0 Å². The van der Waals surface area contributed by atoms with E-state index in [9.17, 15) is 0 Å². The molecule has 1 N–H and O–H groups in total. The van der Waals surface area contributed by atoms with Crippen LogP contribution in [0.1, 0.15) is 29.7 Å². The van der Waals surface area contributed by atoms with Crippen LogP contribution in [0.25, 0.3) is 0 Å². The lowest BCUT2D eigenvalue weighted by Gasteiger charge is -2.18. The highest BCUT2D eigenvalue weighted by atomic mass is 79.9. The second kappa shape index (κ2) is 6.35. The summed E-state index contributed by atoms with van der Waals surface area (Å²) >= 11 is 3.55. The van der Waals surface area contributed by atoms with Gasteiger partial charge >= 0.3 is 0 Å². The van der Waals surface area contributed by atoms with Crippen molar-refractivity contribution in [3.8, 4) is 0 Å². The normalized spacial score (nSPS) is 12.6. The highest BCUT2D eigenvalue weighted by Crippen LogP contribution is 2.24. The number of nitrogens with zero attached hydrogens (tertiary/aromatic N) is 2. The van der Waals surface area contributed by atoms with Crippen molar-refractivity contribution >= 4 is 15.9 Å². The summed E-state index contributed by atoms with van der Waals surface area (Å²) in [6, 6.07) is 6.74. The number of aryl methyl sites for hydroxylation is 2. The van der Waals surface area contributed by atoms with Gasteiger partial charge in [0.2, 0.25) is 0 Å². The maximum absolute atomic E-state index is 4.34. The van der Waals surface area contributed by atoms with Crippen molar-refractivity contribution in [3.63, 3.8) is 0 Å². The van der Waals surface area contributed by atoms with Gasteiger partial charge in [0, 0.05) is 23.3 Å². The van der Waals surface area contributed by atoms with E-state index >= 15 is 0 Å². The number of aromatic nitrogens is 2. The molecule has 1 aromatic carbocycles. The Balaban J connectivity index is 2.22. The molecule has 0 saturated carbocycles. The minimum Gasteiger partial charge on any atom is -0.313 e. The molecule has 0 spiro atoms. The fraction of sp³-hybridized carbons (Fsp3) is 0.400. The lowest BCUT2D eigenvalue weighted by Crippen LogP contribution is -2.19. The van der Waals surface area contributed by atoms with Crippen LogP contribution < -0.4 is 5.32 Å². The summed E-state index contributed by atoms with van der Waals surface area (Å²) in [5.74, 6) is 0. The monoisotopic (exact) mass is 321 g/mol. The number of nitrogens with one attached hydrogen (secondary N) is 1. The standard InChI is InChI=1S/C15H20BrN3/c1-4-19-10-12(9-18-19)7-15(17-3)14-8-13(16)6-5-11(14)2/h5-6,8-10,15,17H,4,7H2,1-3H3. The first-order valence-corrected chi connectivity index (χ1v) is 7.38. The highest BCUT2D eigenvalue weighted by molar-refractivity contribution is 9.10. The molecule has 0 aliphatic carbocycles. The van der Waals surface area contributed by atoms with Crippen molar-refractivity contribution in [2.45, 2.75) is 32.9 Å². The Kier molecular flexibility index (Phi) is 4.77. The van der Waals surface area contributed by atoms with Gasteiger partial charge in [0.15, 0.2) is 0 Å². The van der Waals surface area contributed by atoms with Crippen LogP contribution in [0.3, 0.4) is 0 Å². The van der Waals surface area contributed by atoms with Gasteiger partial charge in [-0.15, -0.1) is 0 Å². The lowest BCUT2D eigenvalue weighted by molar-refractivity contribution is 0.587. The summed E-state index contributed by atoms with van der Waals surface area (Å²) in [4.78, 5) is 0. The molecule has 3 nitrogen and oxygen atoms in total. The molecular weight excluding hydrogens is 302 g/mol. The van der Waals surface area contributed by atoms with Crippen molar-refractivity contribution in [2.24, 2.45) is 0 Å². The van der Waals surface area contributed by atoms with Crippen molar-refractivity contribution in [1.82, 2.24) is 15.1 Å². The van der Waals surface area contributed by atoms with Gasteiger partial charge in [0.1, 0.15) is 0 Å². The van der Waals surface area contributed by atoms with Gasteiger partial charge in [0.25, 0.3) is 0 Å². The van der Waals surface area contributed by atoms with E-state index in [1.165, 1.54) is 16.7 Å². The van der Waals surface area contributed by atoms with Crippen LogP contribution in [0.5, 0.6) is 0 Å². The molecule has 1 aromatic heterocycles. The van der Waals surface area contributed by atoms with Crippen LogP contribution in [0, 0.1) is 6.92 Å². The Morgan fingerprint density at radius 3 is 2.84 bits per heavy atom. The van der Waals surface area contributed by atoms with Crippen molar-refractivity contribution in [1.29, 1.82) is 0 Å². The van der Waals surface area contributed by atoms with Crippen LogP contribution in [-0.2, 0) is 13.0 Å². The zero-order chi connectivity index (χ0) is 13.8. The molecule has 4 heteroatoms. The van der Waals surface area contributed by atoms with E-state index in [0.29, 0.717) is 6.04 Å². The first-order valence-electron chi connectivity index (χ1n) is 6.58.